The van der Waals surface area contributed by atoms with E-state index in [1.807, 2.05) is 12.1 Å². The van der Waals surface area contributed by atoms with Crippen LogP contribution in [0.3, 0.4) is 0 Å². The summed E-state index contributed by atoms with van der Waals surface area (Å²) in [6.07, 6.45) is 1.66. The van der Waals surface area contributed by atoms with Crippen molar-refractivity contribution in [3.63, 3.8) is 0 Å². The van der Waals surface area contributed by atoms with Gasteiger partial charge >= 0.3 is 0 Å². The fraction of sp³-hybridized carbons (Fsp3) is 0.0556. The van der Waals surface area contributed by atoms with Crippen LogP contribution in [0.1, 0.15) is 0 Å². The minimum Gasteiger partial charge on any atom is -0.495 e. The summed E-state index contributed by atoms with van der Waals surface area (Å²) in [5.41, 5.74) is 1.39. The van der Waals surface area contributed by atoms with Crippen molar-refractivity contribution in [2.45, 2.75) is 9.79 Å². The Morgan fingerprint density at radius 3 is 2.38 bits per heavy atom. The van der Waals surface area contributed by atoms with E-state index in [1.165, 1.54) is 19.2 Å². The molecule has 3 aromatic rings. The smallest absolute Gasteiger partial charge is 0.210 e. The second kappa shape index (κ2) is 6.63. The Morgan fingerprint density at radius 2 is 1.75 bits per heavy atom. The summed E-state index contributed by atoms with van der Waals surface area (Å²) in [6.45, 7) is 0. The van der Waals surface area contributed by atoms with Gasteiger partial charge < -0.3 is 4.74 Å². The first kappa shape index (κ1) is 16.5. The van der Waals surface area contributed by atoms with Crippen LogP contribution in [0.4, 0.5) is 0 Å². The number of rotatable bonds is 4. The van der Waals surface area contributed by atoms with Crippen molar-refractivity contribution in [2.24, 2.45) is 0 Å². The average Bonchev–Trinajstić information content (AvgIpc) is 2.62. The third-order valence-corrected chi connectivity index (χ3v) is 5.58. The molecular weight excluding hydrogens is 346 g/mol. The maximum atomic E-state index is 13.0. The van der Waals surface area contributed by atoms with E-state index in [4.69, 9.17) is 16.3 Å². The maximum absolute atomic E-state index is 13.0. The van der Waals surface area contributed by atoms with Gasteiger partial charge in [-0.3, -0.25) is 4.98 Å². The Balaban J connectivity index is 2.17. The van der Waals surface area contributed by atoms with Gasteiger partial charge in [0.05, 0.1) is 17.7 Å². The highest BCUT2D eigenvalue weighted by Gasteiger charge is 2.23. The second-order valence-electron chi connectivity index (χ2n) is 5.04. The van der Waals surface area contributed by atoms with Gasteiger partial charge in [0.25, 0.3) is 0 Å². The van der Waals surface area contributed by atoms with Gasteiger partial charge in [-0.15, -0.1) is 0 Å². The molecule has 122 valence electrons. The highest BCUT2D eigenvalue weighted by Crippen LogP contribution is 2.33. The van der Waals surface area contributed by atoms with Gasteiger partial charge in [-0.25, -0.2) is 8.42 Å². The van der Waals surface area contributed by atoms with Gasteiger partial charge in [0, 0.05) is 16.8 Å². The van der Waals surface area contributed by atoms with Crippen molar-refractivity contribution in [1.29, 1.82) is 0 Å². The van der Waals surface area contributed by atoms with E-state index in [-0.39, 0.29) is 15.5 Å². The first-order valence-corrected chi connectivity index (χ1v) is 8.98. The predicted molar refractivity (Wildman–Crippen MR) is 93.1 cm³/mol. The number of hydrogen-bond acceptors (Lipinski definition) is 4. The van der Waals surface area contributed by atoms with E-state index in [0.717, 1.165) is 0 Å². The number of pyridine rings is 1. The molecule has 0 amide bonds. The summed E-state index contributed by atoms with van der Waals surface area (Å²) in [7, 11) is -2.30. The Bertz CT molecular complexity index is 955. The fourth-order valence-corrected chi connectivity index (χ4v) is 3.89. The van der Waals surface area contributed by atoms with Crippen molar-refractivity contribution in [1.82, 2.24) is 4.98 Å². The number of ether oxygens (including phenoxy) is 1. The first-order valence-electron chi connectivity index (χ1n) is 7.12. The van der Waals surface area contributed by atoms with Crippen molar-refractivity contribution in [3.8, 4) is 17.0 Å². The van der Waals surface area contributed by atoms with E-state index in [2.05, 4.69) is 4.98 Å². The summed E-state index contributed by atoms with van der Waals surface area (Å²) < 4.78 is 31.2. The van der Waals surface area contributed by atoms with Gasteiger partial charge in [0.2, 0.25) is 9.84 Å². The Hall–Kier alpha value is -2.37. The van der Waals surface area contributed by atoms with Crippen LogP contribution >= 0.6 is 11.6 Å². The zero-order chi connectivity index (χ0) is 17.2. The summed E-state index contributed by atoms with van der Waals surface area (Å²) in [5, 5.41) is 0.475. The molecule has 0 bridgehead atoms. The Morgan fingerprint density at radius 1 is 1.00 bits per heavy atom. The molecule has 6 heteroatoms. The molecule has 24 heavy (non-hydrogen) atoms. The molecule has 0 aliphatic carbocycles. The summed E-state index contributed by atoms with van der Waals surface area (Å²) in [4.78, 5) is 4.51. The highest BCUT2D eigenvalue weighted by atomic mass is 35.5. The van der Waals surface area contributed by atoms with Crippen LogP contribution in [0.15, 0.2) is 76.7 Å². The number of methoxy groups -OCH3 is 1. The van der Waals surface area contributed by atoms with Gasteiger partial charge in [-0.05, 0) is 54.6 Å². The van der Waals surface area contributed by atoms with Gasteiger partial charge in [-0.1, -0.05) is 17.7 Å². The van der Waals surface area contributed by atoms with E-state index in [0.29, 0.717) is 16.3 Å². The number of sulfone groups is 1. The topological polar surface area (TPSA) is 56.3 Å². The normalized spacial score (nSPS) is 11.2. The van der Waals surface area contributed by atoms with Crippen LogP contribution in [0.25, 0.3) is 11.3 Å². The molecular formula is C18H14ClNO3S. The van der Waals surface area contributed by atoms with Gasteiger partial charge in [0.15, 0.2) is 0 Å². The summed E-state index contributed by atoms with van der Waals surface area (Å²) >= 11 is 5.84. The Labute approximate surface area is 145 Å². The molecule has 1 aromatic heterocycles. The average molecular weight is 360 g/mol. The molecule has 0 saturated heterocycles. The lowest BCUT2D eigenvalue weighted by Gasteiger charge is -2.12. The summed E-state index contributed by atoms with van der Waals surface area (Å²) in [6, 6.07) is 16.5. The fourth-order valence-electron chi connectivity index (χ4n) is 2.32. The third kappa shape index (κ3) is 3.13. The SMILES string of the molecule is COc1ccc(-c2ccccn2)cc1S(=O)(=O)c1ccc(Cl)cc1. The monoisotopic (exact) mass is 359 g/mol. The molecule has 0 spiro atoms. The molecule has 3 rings (SSSR count). The standard InChI is InChI=1S/C18H14ClNO3S/c1-23-17-10-5-13(16-4-2-3-11-20-16)12-18(17)24(21,22)15-8-6-14(19)7-9-15/h2-12H,1H3. The zero-order valence-corrected chi connectivity index (χ0v) is 14.4. The molecule has 0 radical (unpaired) electrons. The quantitative estimate of drug-likeness (QED) is 0.699. The van der Waals surface area contributed by atoms with Crippen LogP contribution in [-0.2, 0) is 9.84 Å². The highest BCUT2D eigenvalue weighted by molar-refractivity contribution is 7.91. The zero-order valence-electron chi connectivity index (χ0n) is 12.8. The molecule has 2 aromatic carbocycles. The molecule has 0 unspecified atom stereocenters. The molecule has 1 heterocycles. The lowest BCUT2D eigenvalue weighted by Crippen LogP contribution is -2.05. The van der Waals surface area contributed by atoms with Crippen molar-refractivity contribution in [3.05, 3.63) is 71.9 Å². The lowest BCUT2D eigenvalue weighted by atomic mass is 10.1. The molecule has 0 fully saturated rings. The van der Waals surface area contributed by atoms with Gasteiger partial charge in [0.1, 0.15) is 10.6 Å². The number of hydrogen-bond donors (Lipinski definition) is 0. The van der Waals surface area contributed by atoms with Crippen molar-refractivity contribution < 1.29 is 13.2 Å². The maximum Gasteiger partial charge on any atom is 0.210 e. The number of nitrogens with zero attached hydrogens (tertiary/aromatic N) is 1. The van der Waals surface area contributed by atoms with Crippen molar-refractivity contribution in [2.75, 3.05) is 7.11 Å². The summed E-state index contributed by atoms with van der Waals surface area (Å²) in [5.74, 6) is 0.282. The lowest BCUT2D eigenvalue weighted by molar-refractivity contribution is 0.403. The van der Waals surface area contributed by atoms with E-state index < -0.39 is 9.84 Å². The van der Waals surface area contributed by atoms with E-state index in [1.54, 1.807) is 42.6 Å². The van der Waals surface area contributed by atoms with E-state index in [9.17, 15) is 8.42 Å². The van der Waals surface area contributed by atoms with Crippen LogP contribution in [0.5, 0.6) is 5.75 Å². The second-order valence-corrected chi connectivity index (χ2v) is 7.39. The van der Waals surface area contributed by atoms with E-state index >= 15 is 0 Å². The minimum absolute atomic E-state index is 0.0930. The number of halogens is 1. The van der Waals surface area contributed by atoms with Crippen molar-refractivity contribution >= 4 is 21.4 Å². The molecule has 0 aliphatic rings. The largest absolute Gasteiger partial charge is 0.495 e. The Kier molecular flexibility index (Phi) is 4.55. The first-order chi connectivity index (χ1) is 11.5. The third-order valence-electron chi connectivity index (χ3n) is 3.54. The van der Waals surface area contributed by atoms with Crippen LogP contribution < -0.4 is 4.74 Å². The van der Waals surface area contributed by atoms with Crippen LogP contribution in [0, 0.1) is 0 Å². The minimum atomic E-state index is -3.74. The number of benzene rings is 2. The van der Waals surface area contributed by atoms with Gasteiger partial charge in [-0.2, -0.15) is 0 Å². The van der Waals surface area contributed by atoms with Crippen LogP contribution in [0.2, 0.25) is 5.02 Å². The number of aromatic nitrogens is 1. The molecule has 0 aliphatic heterocycles. The molecule has 0 atom stereocenters. The molecule has 4 nitrogen and oxygen atoms in total. The molecule has 0 N–H and O–H groups in total. The van der Waals surface area contributed by atoms with Crippen LogP contribution in [-0.4, -0.2) is 20.5 Å². The predicted octanol–water partition coefficient (Wildman–Crippen LogP) is 4.24. The molecule has 0 saturated carbocycles.